The van der Waals surface area contributed by atoms with Crippen molar-refractivity contribution in [2.45, 2.75) is 32.9 Å². The SMILES string of the molecule is COC(=O)c1ccc2[nH]c(=O)n(CCNC(=O)OC(C)(C)C)c2c1. The predicted octanol–water partition coefficient (Wildman–Crippen LogP) is 1.64. The molecular weight excluding hydrogens is 314 g/mol. The van der Waals surface area contributed by atoms with E-state index in [2.05, 4.69) is 15.0 Å². The summed E-state index contributed by atoms with van der Waals surface area (Å²) < 4.78 is 11.3. The van der Waals surface area contributed by atoms with Crippen LogP contribution in [-0.4, -0.2) is 40.9 Å². The third kappa shape index (κ3) is 4.15. The largest absolute Gasteiger partial charge is 0.465 e. The van der Waals surface area contributed by atoms with Gasteiger partial charge in [0.1, 0.15) is 5.60 Å². The summed E-state index contributed by atoms with van der Waals surface area (Å²) in [5, 5.41) is 2.59. The molecule has 8 nitrogen and oxygen atoms in total. The summed E-state index contributed by atoms with van der Waals surface area (Å²) in [5.41, 5.74) is 0.603. The number of aromatic amines is 1. The van der Waals surface area contributed by atoms with Gasteiger partial charge in [0.15, 0.2) is 0 Å². The van der Waals surface area contributed by atoms with Crippen LogP contribution in [-0.2, 0) is 16.0 Å². The third-order valence-electron chi connectivity index (χ3n) is 3.20. The fourth-order valence-electron chi connectivity index (χ4n) is 2.20. The van der Waals surface area contributed by atoms with Gasteiger partial charge >= 0.3 is 17.8 Å². The Kier molecular flexibility index (Phi) is 4.96. The Bertz CT molecular complexity index is 813. The zero-order valence-corrected chi connectivity index (χ0v) is 14.1. The van der Waals surface area contributed by atoms with E-state index < -0.39 is 17.7 Å². The molecule has 1 aromatic heterocycles. The summed E-state index contributed by atoms with van der Waals surface area (Å²) in [6.45, 7) is 5.76. The Morgan fingerprint density at radius 3 is 2.62 bits per heavy atom. The molecule has 0 bridgehead atoms. The summed E-state index contributed by atoms with van der Waals surface area (Å²) in [5.74, 6) is -0.482. The molecule has 24 heavy (non-hydrogen) atoms. The van der Waals surface area contributed by atoms with Crippen molar-refractivity contribution in [2.24, 2.45) is 0 Å². The fraction of sp³-hybridized carbons (Fsp3) is 0.438. The number of aromatic nitrogens is 2. The quantitative estimate of drug-likeness (QED) is 0.827. The van der Waals surface area contributed by atoms with Gasteiger partial charge in [0, 0.05) is 13.1 Å². The lowest BCUT2D eigenvalue weighted by Crippen LogP contribution is -2.35. The Labute approximate surface area is 138 Å². The summed E-state index contributed by atoms with van der Waals surface area (Å²) in [6, 6.07) is 4.79. The van der Waals surface area contributed by atoms with Gasteiger partial charge < -0.3 is 19.8 Å². The molecule has 2 aromatic rings. The molecule has 2 rings (SSSR count). The molecule has 0 aliphatic heterocycles. The first-order valence-corrected chi connectivity index (χ1v) is 7.49. The molecule has 130 valence electrons. The van der Waals surface area contributed by atoms with Crippen molar-refractivity contribution in [3.8, 4) is 0 Å². The highest BCUT2D eigenvalue weighted by Crippen LogP contribution is 2.13. The maximum atomic E-state index is 12.0. The molecule has 0 saturated heterocycles. The van der Waals surface area contributed by atoms with E-state index in [4.69, 9.17) is 4.74 Å². The molecule has 0 radical (unpaired) electrons. The molecule has 1 heterocycles. The fourth-order valence-corrected chi connectivity index (χ4v) is 2.20. The molecule has 2 N–H and O–H groups in total. The summed E-state index contributed by atoms with van der Waals surface area (Å²) >= 11 is 0. The van der Waals surface area contributed by atoms with Crippen molar-refractivity contribution < 1.29 is 19.1 Å². The van der Waals surface area contributed by atoms with Crippen LogP contribution in [0.15, 0.2) is 23.0 Å². The number of alkyl carbamates (subject to hydrolysis) is 1. The van der Waals surface area contributed by atoms with Gasteiger partial charge in [-0.05, 0) is 39.0 Å². The van der Waals surface area contributed by atoms with Gasteiger partial charge in [0.25, 0.3) is 0 Å². The number of carbonyl (C=O) groups excluding carboxylic acids is 2. The van der Waals surface area contributed by atoms with Crippen molar-refractivity contribution in [3.05, 3.63) is 34.2 Å². The van der Waals surface area contributed by atoms with Crippen LogP contribution in [0.1, 0.15) is 31.1 Å². The second-order valence-corrected chi connectivity index (χ2v) is 6.23. The van der Waals surface area contributed by atoms with E-state index >= 15 is 0 Å². The molecule has 1 aromatic carbocycles. The highest BCUT2D eigenvalue weighted by atomic mass is 16.6. The highest BCUT2D eigenvalue weighted by molar-refractivity contribution is 5.93. The van der Waals surface area contributed by atoms with Gasteiger partial charge in [0.2, 0.25) is 0 Å². The van der Waals surface area contributed by atoms with E-state index in [-0.39, 0.29) is 18.8 Å². The van der Waals surface area contributed by atoms with Crippen molar-refractivity contribution in [2.75, 3.05) is 13.7 Å². The van der Waals surface area contributed by atoms with Gasteiger partial charge in [-0.15, -0.1) is 0 Å². The molecule has 0 fully saturated rings. The monoisotopic (exact) mass is 335 g/mol. The van der Waals surface area contributed by atoms with Crippen molar-refractivity contribution in [1.29, 1.82) is 0 Å². The number of benzene rings is 1. The second kappa shape index (κ2) is 6.77. The van der Waals surface area contributed by atoms with Gasteiger partial charge in [-0.3, -0.25) is 4.57 Å². The van der Waals surface area contributed by atoms with E-state index in [1.54, 1.807) is 39.0 Å². The van der Waals surface area contributed by atoms with Crippen LogP contribution in [0.2, 0.25) is 0 Å². The summed E-state index contributed by atoms with van der Waals surface area (Å²) in [4.78, 5) is 38.0. The zero-order chi connectivity index (χ0) is 17.9. The number of H-pyrrole nitrogens is 1. The number of hydrogen-bond acceptors (Lipinski definition) is 5. The standard InChI is InChI=1S/C16H21N3O5/c1-16(2,3)24-15(22)17-7-8-19-12-9-10(13(20)23-4)5-6-11(12)18-14(19)21/h5-6,9H,7-8H2,1-4H3,(H,17,22)(H,18,21). The first-order valence-electron chi connectivity index (χ1n) is 7.49. The number of methoxy groups -OCH3 is 1. The maximum Gasteiger partial charge on any atom is 0.407 e. The molecule has 0 saturated carbocycles. The van der Waals surface area contributed by atoms with Crippen LogP contribution in [0.4, 0.5) is 4.79 Å². The zero-order valence-electron chi connectivity index (χ0n) is 14.1. The molecule has 0 unspecified atom stereocenters. The lowest BCUT2D eigenvalue weighted by atomic mass is 10.2. The minimum Gasteiger partial charge on any atom is -0.465 e. The van der Waals surface area contributed by atoms with E-state index in [0.29, 0.717) is 16.6 Å². The summed E-state index contributed by atoms with van der Waals surface area (Å²) in [7, 11) is 1.29. The molecule has 0 atom stereocenters. The number of nitrogens with zero attached hydrogens (tertiary/aromatic N) is 1. The van der Waals surface area contributed by atoms with Gasteiger partial charge in [0.05, 0.1) is 23.7 Å². The maximum absolute atomic E-state index is 12.0. The molecule has 8 heteroatoms. The average Bonchev–Trinajstić information content (AvgIpc) is 2.80. The Morgan fingerprint density at radius 2 is 2.00 bits per heavy atom. The topological polar surface area (TPSA) is 102 Å². The van der Waals surface area contributed by atoms with Gasteiger partial charge in [-0.25, -0.2) is 14.4 Å². The normalized spacial score (nSPS) is 11.3. The van der Waals surface area contributed by atoms with E-state index in [1.807, 2.05) is 0 Å². The van der Waals surface area contributed by atoms with E-state index in [9.17, 15) is 14.4 Å². The molecule has 0 aliphatic rings. The number of fused-ring (bicyclic) bond motifs is 1. The van der Waals surface area contributed by atoms with Crippen molar-refractivity contribution in [1.82, 2.24) is 14.9 Å². The number of nitrogens with one attached hydrogen (secondary N) is 2. The van der Waals surface area contributed by atoms with Crippen LogP contribution in [0.25, 0.3) is 11.0 Å². The predicted molar refractivity (Wildman–Crippen MR) is 88.1 cm³/mol. The number of ether oxygens (including phenoxy) is 2. The molecule has 0 spiro atoms. The number of carbonyl (C=O) groups is 2. The Hall–Kier alpha value is -2.77. The van der Waals surface area contributed by atoms with Crippen molar-refractivity contribution >= 4 is 23.1 Å². The summed E-state index contributed by atoms with van der Waals surface area (Å²) in [6.07, 6.45) is -0.550. The van der Waals surface area contributed by atoms with Crippen LogP contribution < -0.4 is 11.0 Å². The lowest BCUT2D eigenvalue weighted by molar-refractivity contribution is 0.0525. The van der Waals surface area contributed by atoms with Crippen LogP contribution >= 0.6 is 0 Å². The average molecular weight is 335 g/mol. The first kappa shape index (κ1) is 17.6. The minimum absolute atomic E-state index is 0.213. The van der Waals surface area contributed by atoms with E-state index in [1.165, 1.54) is 11.7 Å². The molecular formula is C16H21N3O5. The minimum atomic E-state index is -0.586. The smallest absolute Gasteiger partial charge is 0.407 e. The van der Waals surface area contributed by atoms with Crippen molar-refractivity contribution in [3.63, 3.8) is 0 Å². The number of esters is 1. The third-order valence-corrected chi connectivity index (χ3v) is 3.20. The van der Waals surface area contributed by atoms with Gasteiger partial charge in [-0.1, -0.05) is 0 Å². The highest BCUT2D eigenvalue weighted by Gasteiger charge is 2.16. The van der Waals surface area contributed by atoms with Gasteiger partial charge in [-0.2, -0.15) is 0 Å². The Balaban J connectivity index is 2.14. The Morgan fingerprint density at radius 1 is 1.29 bits per heavy atom. The lowest BCUT2D eigenvalue weighted by Gasteiger charge is -2.19. The van der Waals surface area contributed by atoms with E-state index in [0.717, 1.165) is 0 Å². The number of rotatable bonds is 4. The second-order valence-electron chi connectivity index (χ2n) is 6.23. The molecule has 1 amide bonds. The molecule has 0 aliphatic carbocycles. The first-order chi connectivity index (χ1) is 11.2. The van der Waals surface area contributed by atoms with Crippen LogP contribution in [0.3, 0.4) is 0 Å². The number of hydrogen-bond donors (Lipinski definition) is 2. The number of amides is 1. The number of imidazole rings is 1. The van der Waals surface area contributed by atoms with Crippen LogP contribution in [0, 0.1) is 0 Å². The van der Waals surface area contributed by atoms with Crippen LogP contribution in [0.5, 0.6) is 0 Å².